The van der Waals surface area contributed by atoms with Crippen LogP contribution in [0.25, 0.3) is 11.2 Å². The second-order valence-corrected chi connectivity index (χ2v) is 5.80. The number of imidazole rings is 1. The van der Waals surface area contributed by atoms with Crippen molar-refractivity contribution in [2.75, 3.05) is 26.1 Å². The predicted octanol–water partition coefficient (Wildman–Crippen LogP) is 2.66. The van der Waals surface area contributed by atoms with Gasteiger partial charge in [0.05, 0.1) is 13.7 Å². The van der Waals surface area contributed by atoms with Crippen molar-refractivity contribution in [1.29, 1.82) is 0 Å². The van der Waals surface area contributed by atoms with E-state index in [1.807, 2.05) is 41.0 Å². The molecule has 0 unspecified atom stereocenters. The first-order chi connectivity index (χ1) is 12.7. The van der Waals surface area contributed by atoms with Crippen LogP contribution in [-0.2, 0) is 22.5 Å². The summed E-state index contributed by atoms with van der Waals surface area (Å²) < 4.78 is 12.3. The number of anilines is 1. The topological polar surface area (TPSA) is 78.3 Å². The standard InChI is InChI=1S/C19H22N4O3/c1-25-13-12-23-17(22-16-4-3-11-20-19(16)23)9-10-18(24)21-14-5-7-15(26-2)8-6-14/h3-8,11H,9-10,12-13H2,1-2H3,(H,21,24). The molecule has 0 fully saturated rings. The Balaban J connectivity index is 1.67. The molecule has 0 saturated heterocycles. The second-order valence-electron chi connectivity index (χ2n) is 5.80. The number of hydrogen-bond donors (Lipinski definition) is 1. The van der Waals surface area contributed by atoms with Gasteiger partial charge in [-0.25, -0.2) is 9.97 Å². The zero-order chi connectivity index (χ0) is 18.4. The number of aryl methyl sites for hydroxylation is 1. The van der Waals surface area contributed by atoms with Gasteiger partial charge in [0.15, 0.2) is 5.65 Å². The van der Waals surface area contributed by atoms with Crippen LogP contribution in [0.4, 0.5) is 5.69 Å². The van der Waals surface area contributed by atoms with Crippen LogP contribution in [0.2, 0.25) is 0 Å². The first-order valence-electron chi connectivity index (χ1n) is 8.44. The van der Waals surface area contributed by atoms with E-state index in [1.165, 1.54) is 0 Å². The number of rotatable bonds is 8. The highest BCUT2D eigenvalue weighted by atomic mass is 16.5. The highest BCUT2D eigenvalue weighted by Gasteiger charge is 2.13. The number of hydrogen-bond acceptors (Lipinski definition) is 5. The minimum Gasteiger partial charge on any atom is -0.497 e. The van der Waals surface area contributed by atoms with Gasteiger partial charge in [-0.1, -0.05) is 0 Å². The quantitative estimate of drug-likeness (QED) is 0.673. The Morgan fingerprint density at radius 2 is 2.00 bits per heavy atom. The molecule has 1 aromatic carbocycles. The monoisotopic (exact) mass is 354 g/mol. The molecule has 2 heterocycles. The Kier molecular flexibility index (Phi) is 5.80. The second kappa shape index (κ2) is 8.44. The Hall–Kier alpha value is -2.93. The summed E-state index contributed by atoms with van der Waals surface area (Å²) in [6.45, 7) is 1.21. The van der Waals surface area contributed by atoms with E-state index in [-0.39, 0.29) is 5.91 Å². The third-order valence-corrected chi connectivity index (χ3v) is 4.05. The minimum absolute atomic E-state index is 0.0616. The van der Waals surface area contributed by atoms with Crippen LogP contribution in [0.15, 0.2) is 42.6 Å². The molecular formula is C19H22N4O3. The number of pyridine rings is 1. The molecule has 136 valence electrons. The van der Waals surface area contributed by atoms with E-state index in [2.05, 4.69) is 15.3 Å². The molecular weight excluding hydrogens is 332 g/mol. The maximum Gasteiger partial charge on any atom is 0.224 e. The number of amides is 1. The lowest BCUT2D eigenvalue weighted by molar-refractivity contribution is -0.116. The van der Waals surface area contributed by atoms with Gasteiger partial charge in [-0.05, 0) is 36.4 Å². The molecule has 0 aliphatic rings. The van der Waals surface area contributed by atoms with Crippen molar-refractivity contribution >= 4 is 22.8 Å². The van der Waals surface area contributed by atoms with Crippen molar-refractivity contribution in [3.05, 3.63) is 48.4 Å². The zero-order valence-electron chi connectivity index (χ0n) is 14.9. The highest BCUT2D eigenvalue weighted by molar-refractivity contribution is 5.90. The predicted molar refractivity (Wildman–Crippen MR) is 99.3 cm³/mol. The minimum atomic E-state index is -0.0616. The van der Waals surface area contributed by atoms with Crippen molar-refractivity contribution < 1.29 is 14.3 Å². The van der Waals surface area contributed by atoms with Gasteiger partial charge in [0.25, 0.3) is 0 Å². The van der Waals surface area contributed by atoms with Gasteiger partial charge in [-0.15, -0.1) is 0 Å². The Bertz CT molecular complexity index is 874. The van der Waals surface area contributed by atoms with E-state index in [0.717, 1.165) is 28.4 Å². The number of nitrogens with one attached hydrogen (secondary N) is 1. The first-order valence-corrected chi connectivity index (χ1v) is 8.44. The Labute approximate surface area is 152 Å². The van der Waals surface area contributed by atoms with Crippen LogP contribution in [0.5, 0.6) is 5.75 Å². The van der Waals surface area contributed by atoms with Crippen molar-refractivity contribution in [3.8, 4) is 5.75 Å². The Morgan fingerprint density at radius 1 is 1.19 bits per heavy atom. The van der Waals surface area contributed by atoms with Crippen molar-refractivity contribution in [2.45, 2.75) is 19.4 Å². The van der Waals surface area contributed by atoms with Crippen LogP contribution in [0, 0.1) is 0 Å². The molecule has 0 atom stereocenters. The number of nitrogens with zero attached hydrogens (tertiary/aromatic N) is 3. The molecule has 3 rings (SSSR count). The molecule has 1 amide bonds. The third-order valence-electron chi connectivity index (χ3n) is 4.05. The average molecular weight is 354 g/mol. The summed E-state index contributed by atoms with van der Waals surface area (Å²) in [6.07, 6.45) is 2.61. The van der Waals surface area contributed by atoms with Gasteiger partial charge in [0.1, 0.15) is 17.1 Å². The molecule has 0 saturated carbocycles. The van der Waals surface area contributed by atoms with E-state index in [1.54, 1.807) is 20.4 Å². The molecule has 7 nitrogen and oxygen atoms in total. The summed E-state index contributed by atoms with van der Waals surface area (Å²) in [7, 11) is 3.27. The number of carbonyl (C=O) groups is 1. The van der Waals surface area contributed by atoms with Crippen LogP contribution in [0.3, 0.4) is 0 Å². The lowest BCUT2D eigenvalue weighted by Gasteiger charge is -2.09. The van der Waals surface area contributed by atoms with E-state index in [9.17, 15) is 4.79 Å². The summed E-state index contributed by atoms with van der Waals surface area (Å²) in [5.41, 5.74) is 2.38. The van der Waals surface area contributed by atoms with Crippen LogP contribution in [-0.4, -0.2) is 41.3 Å². The summed E-state index contributed by atoms with van der Waals surface area (Å²) in [5.74, 6) is 1.52. The SMILES string of the molecule is COCCn1c(CCC(=O)Nc2ccc(OC)cc2)nc2cccnc21. The van der Waals surface area contributed by atoms with Gasteiger partial charge in [-0.3, -0.25) is 4.79 Å². The maximum atomic E-state index is 12.3. The van der Waals surface area contributed by atoms with Gasteiger partial charge in [0.2, 0.25) is 5.91 Å². The van der Waals surface area contributed by atoms with Gasteiger partial charge in [0, 0.05) is 38.4 Å². The maximum absolute atomic E-state index is 12.3. The Morgan fingerprint density at radius 3 is 2.73 bits per heavy atom. The molecule has 0 aliphatic heterocycles. The molecule has 0 spiro atoms. The molecule has 2 aromatic heterocycles. The number of benzene rings is 1. The lowest BCUT2D eigenvalue weighted by atomic mass is 10.2. The van der Waals surface area contributed by atoms with Crippen LogP contribution < -0.4 is 10.1 Å². The molecule has 1 N–H and O–H groups in total. The van der Waals surface area contributed by atoms with Crippen molar-refractivity contribution in [1.82, 2.24) is 14.5 Å². The molecule has 0 aliphatic carbocycles. The molecule has 0 radical (unpaired) electrons. The molecule has 0 bridgehead atoms. The van der Waals surface area contributed by atoms with E-state index >= 15 is 0 Å². The van der Waals surface area contributed by atoms with E-state index < -0.39 is 0 Å². The largest absolute Gasteiger partial charge is 0.497 e. The number of methoxy groups -OCH3 is 2. The molecule has 3 aromatic rings. The zero-order valence-corrected chi connectivity index (χ0v) is 14.9. The van der Waals surface area contributed by atoms with Gasteiger partial charge in [-0.2, -0.15) is 0 Å². The van der Waals surface area contributed by atoms with Crippen molar-refractivity contribution in [2.24, 2.45) is 0 Å². The number of aromatic nitrogens is 3. The van der Waals surface area contributed by atoms with Crippen molar-refractivity contribution in [3.63, 3.8) is 0 Å². The van der Waals surface area contributed by atoms with E-state index in [4.69, 9.17) is 9.47 Å². The smallest absolute Gasteiger partial charge is 0.224 e. The normalized spacial score (nSPS) is 10.8. The fourth-order valence-electron chi connectivity index (χ4n) is 2.74. The summed E-state index contributed by atoms with van der Waals surface area (Å²) in [4.78, 5) is 21.3. The van der Waals surface area contributed by atoms with Crippen LogP contribution >= 0.6 is 0 Å². The summed E-state index contributed by atoms with van der Waals surface area (Å²) in [5, 5.41) is 2.89. The number of ether oxygens (including phenoxy) is 2. The fourth-order valence-corrected chi connectivity index (χ4v) is 2.74. The number of carbonyl (C=O) groups excluding carboxylic acids is 1. The average Bonchev–Trinajstić information content (AvgIpc) is 3.03. The summed E-state index contributed by atoms with van der Waals surface area (Å²) >= 11 is 0. The van der Waals surface area contributed by atoms with E-state index in [0.29, 0.717) is 26.0 Å². The lowest BCUT2D eigenvalue weighted by Crippen LogP contribution is -2.15. The third kappa shape index (κ3) is 4.18. The fraction of sp³-hybridized carbons (Fsp3) is 0.316. The summed E-state index contributed by atoms with van der Waals surface area (Å²) in [6, 6.07) is 11.0. The molecule has 7 heteroatoms. The first kappa shape index (κ1) is 17.9. The van der Waals surface area contributed by atoms with Gasteiger partial charge >= 0.3 is 0 Å². The van der Waals surface area contributed by atoms with Crippen LogP contribution in [0.1, 0.15) is 12.2 Å². The number of fused-ring (bicyclic) bond motifs is 1. The molecule has 26 heavy (non-hydrogen) atoms. The van der Waals surface area contributed by atoms with Gasteiger partial charge < -0.3 is 19.4 Å². The highest BCUT2D eigenvalue weighted by Crippen LogP contribution is 2.17.